The fraction of sp³-hybridized carbons (Fsp3) is 0.160. The lowest BCUT2D eigenvalue weighted by atomic mass is 10.2. The van der Waals surface area contributed by atoms with E-state index in [0.29, 0.717) is 29.4 Å². The molecule has 0 atom stereocenters. The highest BCUT2D eigenvalue weighted by Crippen LogP contribution is 2.32. The van der Waals surface area contributed by atoms with E-state index in [1.165, 1.54) is 15.9 Å². The van der Waals surface area contributed by atoms with Crippen molar-refractivity contribution in [2.75, 3.05) is 11.5 Å². The van der Waals surface area contributed by atoms with Gasteiger partial charge in [0.1, 0.15) is 12.3 Å². The lowest BCUT2D eigenvalue weighted by Gasteiger charge is -2.20. The van der Waals surface area contributed by atoms with Crippen molar-refractivity contribution in [2.24, 2.45) is 0 Å². The fourth-order valence-electron chi connectivity index (χ4n) is 3.68. The van der Waals surface area contributed by atoms with Crippen LogP contribution in [-0.4, -0.2) is 22.1 Å². The number of benzene rings is 3. The van der Waals surface area contributed by atoms with Crippen LogP contribution in [0, 0.1) is 0 Å². The van der Waals surface area contributed by atoms with Crippen molar-refractivity contribution in [3.05, 3.63) is 88.9 Å². The molecule has 33 heavy (non-hydrogen) atoms. The van der Waals surface area contributed by atoms with Gasteiger partial charge in [-0.2, -0.15) is 0 Å². The summed E-state index contributed by atoms with van der Waals surface area (Å²) in [6.45, 7) is 2.69. The second-order valence-electron chi connectivity index (χ2n) is 7.45. The van der Waals surface area contributed by atoms with Crippen molar-refractivity contribution in [3.63, 3.8) is 0 Å². The maximum Gasteiger partial charge on any atom is 0.420 e. The van der Waals surface area contributed by atoms with Crippen LogP contribution in [0.5, 0.6) is 5.75 Å². The molecule has 0 spiro atoms. The number of ether oxygens (including phenoxy) is 1. The number of carbonyl (C=O) groups is 1. The molecule has 0 saturated heterocycles. The third-order valence-corrected chi connectivity index (χ3v) is 6.28. The van der Waals surface area contributed by atoms with E-state index in [2.05, 4.69) is 0 Å². The second-order valence-corrected chi connectivity index (χ2v) is 8.46. The van der Waals surface area contributed by atoms with Crippen LogP contribution in [0.4, 0.5) is 5.13 Å². The summed E-state index contributed by atoms with van der Waals surface area (Å²) in [5, 5.41) is 0.563. The predicted molar refractivity (Wildman–Crippen MR) is 129 cm³/mol. The van der Waals surface area contributed by atoms with Gasteiger partial charge in [0.25, 0.3) is 0 Å². The van der Waals surface area contributed by atoms with Crippen molar-refractivity contribution < 1.29 is 13.9 Å². The molecule has 0 radical (unpaired) electrons. The molecular formula is C25H21N3O4S. The maximum atomic E-state index is 13.5. The van der Waals surface area contributed by atoms with Crippen LogP contribution in [-0.2, 0) is 17.9 Å². The normalized spacial score (nSPS) is 11.2. The molecule has 0 N–H and O–H groups in total. The molecule has 0 aliphatic rings. The largest absolute Gasteiger partial charge is 0.494 e. The fourth-order valence-corrected chi connectivity index (χ4v) is 4.69. The summed E-state index contributed by atoms with van der Waals surface area (Å²) in [5.74, 6) is -0.0518. The van der Waals surface area contributed by atoms with Gasteiger partial charge in [0.2, 0.25) is 5.91 Å². The van der Waals surface area contributed by atoms with Gasteiger partial charge in [0.15, 0.2) is 10.7 Å². The van der Waals surface area contributed by atoms with E-state index in [0.717, 1.165) is 21.5 Å². The average Bonchev–Trinajstić information content (AvgIpc) is 3.38. The maximum absolute atomic E-state index is 13.5. The number of carbonyl (C=O) groups excluding carboxylic acids is 1. The van der Waals surface area contributed by atoms with Crippen LogP contribution in [0.1, 0.15) is 12.5 Å². The van der Waals surface area contributed by atoms with E-state index < -0.39 is 5.76 Å². The first-order valence-electron chi connectivity index (χ1n) is 10.6. The average molecular weight is 460 g/mol. The van der Waals surface area contributed by atoms with Crippen molar-refractivity contribution in [3.8, 4) is 5.75 Å². The van der Waals surface area contributed by atoms with Gasteiger partial charge in [0, 0.05) is 0 Å². The first kappa shape index (κ1) is 21.0. The van der Waals surface area contributed by atoms with E-state index in [9.17, 15) is 9.59 Å². The van der Waals surface area contributed by atoms with Crippen molar-refractivity contribution in [1.82, 2.24) is 9.55 Å². The molecule has 2 heterocycles. The number of thiazole rings is 1. The Hall–Kier alpha value is -3.91. The Bertz CT molecular complexity index is 1490. The molecule has 0 fully saturated rings. The van der Waals surface area contributed by atoms with Gasteiger partial charge in [-0.1, -0.05) is 53.8 Å². The number of rotatable bonds is 7. The molecular weight excluding hydrogens is 438 g/mol. The third-order valence-electron chi connectivity index (χ3n) is 5.24. The molecule has 0 bridgehead atoms. The molecule has 166 valence electrons. The Balaban J connectivity index is 1.52. The molecule has 2 aromatic heterocycles. The SMILES string of the molecule is CCOc1ccc2nc(N(Cc3ccccc3)C(=O)Cn3c(=O)oc4ccccc43)sc2c1. The number of oxazole rings is 1. The minimum atomic E-state index is -0.560. The summed E-state index contributed by atoms with van der Waals surface area (Å²) in [5.41, 5.74) is 2.79. The molecule has 5 aromatic rings. The van der Waals surface area contributed by atoms with E-state index >= 15 is 0 Å². The van der Waals surface area contributed by atoms with E-state index in [1.807, 2.05) is 61.5 Å². The summed E-state index contributed by atoms with van der Waals surface area (Å²) in [6.07, 6.45) is 0. The summed E-state index contributed by atoms with van der Waals surface area (Å²) >= 11 is 1.42. The Morgan fingerprint density at radius 2 is 1.88 bits per heavy atom. The highest BCUT2D eigenvalue weighted by atomic mass is 32.1. The molecule has 3 aromatic carbocycles. The van der Waals surface area contributed by atoms with Crippen molar-refractivity contribution in [2.45, 2.75) is 20.0 Å². The van der Waals surface area contributed by atoms with Gasteiger partial charge in [-0.15, -0.1) is 0 Å². The topological polar surface area (TPSA) is 77.6 Å². The van der Waals surface area contributed by atoms with Gasteiger partial charge in [-0.05, 0) is 42.8 Å². The summed E-state index contributed by atoms with van der Waals surface area (Å²) < 4.78 is 13.2. The number of nitrogens with zero attached hydrogens (tertiary/aromatic N) is 3. The van der Waals surface area contributed by atoms with E-state index in [4.69, 9.17) is 14.1 Å². The molecule has 8 heteroatoms. The zero-order valence-electron chi connectivity index (χ0n) is 17.9. The number of hydrogen-bond donors (Lipinski definition) is 0. The number of para-hydroxylation sites is 2. The van der Waals surface area contributed by atoms with E-state index in [-0.39, 0.29) is 12.5 Å². The number of anilines is 1. The second kappa shape index (κ2) is 8.91. The van der Waals surface area contributed by atoms with Crippen LogP contribution in [0.3, 0.4) is 0 Å². The minimum absolute atomic E-state index is 0.150. The summed E-state index contributed by atoms with van der Waals surface area (Å²) in [6, 6.07) is 22.5. The summed E-state index contributed by atoms with van der Waals surface area (Å²) in [4.78, 5) is 32.3. The van der Waals surface area contributed by atoms with Crippen LogP contribution >= 0.6 is 11.3 Å². The van der Waals surface area contributed by atoms with Crippen LogP contribution in [0.15, 0.2) is 82.0 Å². The Morgan fingerprint density at radius 3 is 2.70 bits per heavy atom. The Labute approximate surface area is 193 Å². The van der Waals surface area contributed by atoms with Gasteiger partial charge in [-0.3, -0.25) is 14.3 Å². The minimum Gasteiger partial charge on any atom is -0.494 e. The molecule has 0 unspecified atom stereocenters. The molecule has 0 aliphatic heterocycles. The standard InChI is InChI=1S/C25H21N3O4S/c1-2-31-18-12-13-19-22(14-18)33-24(26-19)28(15-17-8-4-3-5-9-17)23(29)16-27-20-10-6-7-11-21(20)32-25(27)30/h3-14H,2,15-16H2,1H3. The predicted octanol–water partition coefficient (Wildman–Crippen LogP) is 4.84. The van der Waals surface area contributed by atoms with Crippen molar-refractivity contribution in [1.29, 1.82) is 0 Å². The Kier molecular flexibility index (Phi) is 5.66. The van der Waals surface area contributed by atoms with Crippen LogP contribution < -0.4 is 15.4 Å². The van der Waals surface area contributed by atoms with E-state index in [1.54, 1.807) is 23.1 Å². The van der Waals surface area contributed by atoms with Gasteiger partial charge in [0.05, 0.1) is 28.9 Å². The first-order valence-corrected chi connectivity index (χ1v) is 11.4. The molecule has 0 saturated carbocycles. The van der Waals surface area contributed by atoms with Gasteiger partial charge < -0.3 is 9.15 Å². The first-order chi connectivity index (χ1) is 16.1. The smallest absolute Gasteiger partial charge is 0.420 e. The number of amides is 1. The van der Waals surface area contributed by atoms with Gasteiger partial charge in [-0.25, -0.2) is 9.78 Å². The quantitative estimate of drug-likeness (QED) is 0.348. The number of hydrogen-bond acceptors (Lipinski definition) is 6. The van der Waals surface area contributed by atoms with Crippen LogP contribution in [0.25, 0.3) is 21.3 Å². The monoisotopic (exact) mass is 459 g/mol. The molecule has 5 rings (SSSR count). The highest BCUT2D eigenvalue weighted by Gasteiger charge is 2.23. The van der Waals surface area contributed by atoms with Gasteiger partial charge >= 0.3 is 5.76 Å². The third kappa shape index (κ3) is 4.25. The molecule has 0 aliphatic carbocycles. The molecule has 1 amide bonds. The lowest BCUT2D eigenvalue weighted by molar-refractivity contribution is -0.119. The highest BCUT2D eigenvalue weighted by molar-refractivity contribution is 7.22. The zero-order chi connectivity index (χ0) is 22.8. The zero-order valence-corrected chi connectivity index (χ0v) is 18.7. The number of fused-ring (bicyclic) bond motifs is 2. The Morgan fingerprint density at radius 1 is 1.09 bits per heavy atom. The number of aromatic nitrogens is 2. The summed E-state index contributed by atoms with van der Waals surface area (Å²) in [7, 11) is 0. The van der Waals surface area contributed by atoms with Crippen molar-refractivity contribution >= 4 is 43.7 Å². The van der Waals surface area contributed by atoms with Crippen LogP contribution in [0.2, 0.25) is 0 Å². The lowest BCUT2D eigenvalue weighted by Crippen LogP contribution is -2.35. The molecule has 7 nitrogen and oxygen atoms in total.